The first-order valence-electron chi connectivity index (χ1n) is 10.2. The fourth-order valence-electron chi connectivity index (χ4n) is 3.58. The van der Waals surface area contributed by atoms with E-state index in [1.807, 2.05) is 55.5 Å². The average Bonchev–Trinajstić information content (AvgIpc) is 2.80. The van der Waals surface area contributed by atoms with Gasteiger partial charge in [0.25, 0.3) is 0 Å². The number of aryl methyl sites for hydroxylation is 1. The number of hydrogen-bond acceptors (Lipinski definition) is 6. The largest absolute Gasteiger partial charge is 0.495 e. The van der Waals surface area contributed by atoms with Crippen molar-refractivity contribution in [2.75, 3.05) is 53.7 Å². The van der Waals surface area contributed by atoms with Crippen molar-refractivity contribution in [3.05, 3.63) is 66.5 Å². The lowest BCUT2D eigenvalue weighted by atomic mass is 10.2. The van der Waals surface area contributed by atoms with E-state index in [-0.39, 0.29) is 6.03 Å². The molecular formula is C23H26N6O2. The molecule has 3 aromatic rings. The Bertz CT molecular complexity index is 1020. The maximum absolute atomic E-state index is 12.4. The van der Waals surface area contributed by atoms with Crippen LogP contribution in [-0.2, 0) is 0 Å². The summed E-state index contributed by atoms with van der Waals surface area (Å²) in [6.07, 6.45) is 3.54. The standard InChI is InChI=1S/C23H26N6O2/c1-17-4-9-21(31-2)20(16-17)27-23(30)26-18-5-7-19(8-6-18)28-12-14-29(15-13-28)22-24-10-3-11-25-22/h3-11,16H,12-15H2,1-2H3,(H2,26,27,30). The van der Waals surface area contributed by atoms with Crippen LogP contribution in [0.15, 0.2) is 60.9 Å². The van der Waals surface area contributed by atoms with Crippen LogP contribution in [0.4, 0.5) is 27.8 Å². The first kappa shape index (κ1) is 20.5. The molecule has 2 amide bonds. The summed E-state index contributed by atoms with van der Waals surface area (Å²) in [4.78, 5) is 25.6. The van der Waals surface area contributed by atoms with Crippen molar-refractivity contribution in [2.45, 2.75) is 6.92 Å². The number of benzene rings is 2. The highest BCUT2D eigenvalue weighted by molar-refractivity contribution is 6.00. The molecule has 8 nitrogen and oxygen atoms in total. The van der Waals surface area contributed by atoms with Crippen LogP contribution in [0.1, 0.15) is 5.56 Å². The second-order valence-corrected chi connectivity index (χ2v) is 7.35. The number of nitrogens with zero attached hydrogens (tertiary/aromatic N) is 4. The summed E-state index contributed by atoms with van der Waals surface area (Å²) in [5.74, 6) is 1.40. The zero-order valence-corrected chi connectivity index (χ0v) is 17.7. The van der Waals surface area contributed by atoms with Gasteiger partial charge in [0.2, 0.25) is 5.95 Å². The lowest BCUT2D eigenvalue weighted by Crippen LogP contribution is -2.47. The van der Waals surface area contributed by atoms with Crippen LogP contribution >= 0.6 is 0 Å². The Morgan fingerprint density at radius 3 is 2.29 bits per heavy atom. The van der Waals surface area contributed by atoms with Gasteiger partial charge < -0.3 is 25.2 Å². The normalized spacial score (nSPS) is 13.6. The minimum Gasteiger partial charge on any atom is -0.495 e. The molecular weight excluding hydrogens is 392 g/mol. The summed E-state index contributed by atoms with van der Waals surface area (Å²) in [5.41, 5.74) is 3.53. The highest BCUT2D eigenvalue weighted by Crippen LogP contribution is 2.26. The van der Waals surface area contributed by atoms with Crippen molar-refractivity contribution >= 4 is 29.0 Å². The van der Waals surface area contributed by atoms with Crippen LogP contribution in [0.3, 0.4) is 0 Å². The van der Waals surface area contributed by atoms with E-state index in [2.05, 4.69) is 30.4 Å². The van der Waals surface area contributed by atoms with Crippen LogP contribution in [0.2, 0.25) is 0 Å². The Hall–Kier alpha value is -3.81. The molecule has 1 fully saturated rings. The Morgan fingerprint density at radius 2 is 1.61 bits per heavy atom. The first-order valence-corrected chi connectivity index (χ1v) is 10.2. The molecule has 0 unspecified atom stereocenters. The molecule has 0 saturated carbocycles. The fourth-order valence-corrected chi connectivity index (χ4v) is 3.58. The molecule has 8 heteroatoms. The van der Waals surface area contributed by atoms with Crippen LogP contribution in [0, 0.1) is 6.92 Å². The number of piperazine rings is 1. The van der Waals surface area contributed by atoms with Crippen LogP contribution in [-0.4, -0.2) is 49.3 Å². The second kappa shape index (κ2) is 9.34. The fraction of sp³-hybridized carbons (Fsp3) is 0.261. The number of urea groups is 1. The molecule has 0 bridgehead atoms. The zero-order valence-electron chi connectivity index (χ0n) is 17.7. The van der Waals surface area contributed by atoms with Gasteiger partial charge in [-0.2, -0.15) is 0 Å². The van der Waals surface area contributed by atoms with E-state index in [0.717, 1.165) is 49.1 Å². The number of amides is 2. The number of hydrogen-bond donors (Lipinski definition) is 2. The van der Waals surface area contributed by atoms with Gasteiger partial charge in [-0.25, -0.2) is 14.8 Å². The molecule has 2 N–H and O–H groups in total. The van der Waals surface area contributed by atoms with Gasteiger partial charge in [0.1, 0.15) is 5.75 Å². The second-order valence-electron chi connectivity index (χ2n) is 7.35. The lowest BCUT2D eigenvalue weighted by Gasteiger charge is -2.36. The maximum atomic E-state index is 12.4. The van der Waals surface area contributed by atoms with Gasteiger partial charge in [-0.05, 0) is 55.0 Å². The molecule has 1 aliphatic rings. The molecule has 0 atom stereocenters. The van der Waals surface area contributed by atoms with Gasteiger partial charge in [0.15, 0.2) is 0 Å². The van der Waals surface area contributed by atoms with Gasteiger partial charge in [-0.15, -0.1) is 0 Å². The van der Waals surface area contributed by atoms with Gasteiger partial charge in [0, 0.05) is 49.9 Å². The highest BCUT2D eigenvalue weighted by atomic mass is 16.5. The molecule has 4 rings (SSSR count). The van der Waals surface area contributed by atoms with Crippen molar-refractivity contribution < 1.29 is 9.53 Å². The summed E-state index contributed by atoms with van der Waals surface area (Å²) in [6, 6.07) is 15.0. The summed E-state index contributed by atoms with van der Waals surface area (Å²) in [7, 11) is 1.58. The topological polar surface area (TPSA) is 82.6 Å². The van der Waals surface area contributed by atoms with Gasteiger partial charge in [-0.3, -0.25) is 0 Å². The molecule has 160 valence electrons. The number of carbonyl (C=O) groups excluding carboxylic acids is 1. The summed E-state index contributed by atoms with van der Waals surface area (Å²) < 4.78 is 5.31. The summed E-state index contributed by atoms with van der Waals surface area (Å²) in [6.45, 7) is 5.47. The maximum Gasteiger partial charge on any atom is 0.323 e. The Kier molecular flexibility index (Phi) is 6.16. The number of nitrogens with one attached hydrogen (secondary N) is 2. The first-order chi connectivity index (χ1) is 15.1. The molecule has 1 aromatic heterocycles. The number of ether oxygens (including phenoxy) is 1. The van der Waals surface area contributed by atoms with E-state index in [0.29, 0.717) is 11.4 Å². The van der Waals surface area contributed by atoms with Crippen LogP contribution in [0.25, 0.3) is 0 Å². The van der Waals surface area contributed by atoms with Crippen molar-refractivity contribution in [1.82, 2.24) is 9.97 Å². The quantitative estimate of drug-likeness (QED) is 0.656. The van der Waals surface area contributed by atoms with E-state index >= 15 is 0 Å². The molecule has 2 aromatic carbocycles. The Labute approximate surface area is 181 Å². The SMILES string of the molecule is COc1ccc(C)cc1NC(=O)Nc1ccc(N2CCN(c3ncccn3)CC2)cc1. The van der Waals surface area contributed by atoms with Crippen molar-refractivity contribution in [3.8, 4) is 5.75 Å². The Morgan fingerprint density at radius 1 is 0.935 bits per heavy atom. The molecule has 1 saturated heterocycles. The monoisotopic (exact) mass is 418 g/mol. The van der Waals surface area contributed by atoms with Gasteiger partial charge in [0.05, 0.1) is 12.8 Å². The van der Waals surface area contributed by atoms with Gasteiger partial charge >= 0.3 is 6.03 Å². The van der Waals surface area contributed by atoms with Crippen molar-refractivity contribution in [3.63, 3.8) is 0 Å². The van der Waals surface area contributed by atoms with Crippen molar-refractivity contribution in [1.29, 1.82) is 0 Å². The minimum absolute atomic E-state index is 0.312. The summed E-state index contributed by atoms with van der Waals surface area (Å²) in [5, 5.41) is 5.72. The lowest BCUT2D eigenvalue weighted by molar-refractivity contribution is 0.262. The number of aromatic nitrogens is 2. The summed E-state index contributed by atoms with van der Waals surface area (Å²) >= 11 is 0. The zero-order chi connectivity index (χ0) is 21.6. The number of carbonyl (C=O) groups is 1. The van der Waals surface area contributed by atoms with E-state index in [1.165, 1.54) is 0 Å². The van der Waals surface area contributed by atoms with Crippen molar-refractivity contribution in [2.24, 2.45) is 0 Å². The highest BCUT2D eigenvalue weighted by Gasteiger charge is 2.19. The third-order valence-corrected chi connectivity index (χ3v) is 5.21. The average molecular weight is 419 g/mol. The minimum atomic E-state index is -0.312. The van der Waals surface area contributed by atoms with E-state index in [9.17, 15) is 4.79 Å². The third kappa shape index (κ3) is 5.03. The molecule has 2 heterocycles. The van der Waals surface area contributed by atoms with E-state index in [1.54, 1.807) is 19.5 Å². The molecule has 0 radical (unpaired) electrons. The molecule has 0 aliphatic carbocycles. The Balaban J connectivity index is 1.32. The third-order valence-electron chi connectivity index (χ3n) is 5.21. The predicted molar refractivity (Wildman–Crippen MR) is 123 cm³/mol. The number of anilines is 4. The molecule has 1 aliphatic heterocycles. The molecule has 31 heavy (non-hydrogen) atoms. The van der Waals surface area contributed by atoms with Crippen LogP contribution < -0.4 is 25.2 Å². The number of rotatable bonds is 5. The van der Waals surface area contributed by atoms with E-state index in [4.69, 9.17) is 4.74 Å². The smallest absolute Gasteiger partial charge is 0.323 e. The van der Waals surface area contributed by atoms with Crippen LogP contribution in [0.5, 0.6) is 5.75 Å². The number of methoxy groups -OCH3 is 1. The predicted octanol–water partition coefficient (Wildman–Crippen LogP) is 3.76. The van der Waals surface area contributed by atoms with E-state index < -0.39 is 0 Å². The van der Waals surface area contributed by atoms with Gasteiger partial charge in [-0.1, -0.05) is 6.07 Å². The molecule has 0 spiro atoms.